The van der Waals surface area contributed by atoms with E-state index in [4.69, 9.17) is 9.15 Å². The molecule has 0 N–H and O–H groups in total. The quantitative estimate of drug-likeness (QED) is 0.854. The Morgan fingerprint density at radius 3 is 3.04 bits per heavy atom. The molecule has 2 aliphatic rings. The number of rotatable bonds is 4. The number of pyridine rings is 1. The molecule has 2 fully saturated rings. The van der Waals surface area contributed by atoms with Crippen molar-refractivity contribution in [2.75, 3.05) is 18.8 Å². The molecule has 24 heavy (non-hydrogen) atoms. The molecule has 2 saturated heterocycles. The molecule has 1 spiro atoms. The van der Waals surface area contributed by atoms with Crippen molar-refractivity contribution in [1.82, 2.24) is 9.88 Å². The molecule has 2 aromatic heterocycles. The maximum atomic E-state index is 12.2. The van der Waals surface area contributed by atoms with E-state index >= 15 is 0 Å². The maximum absolute atomic E-state index is 12.2. The summed E-state index contributed by atoms with van der Waals surface area (Å²) >= 11 is 1.93. The molecule has 5 nitrogen and oxygen atoms in total. The molecule has 0 bridgehead atoms. The monoisotopic (exact) mass is 344 g/mol. The van der Waals surface area contributed by atoms with E-state index in [0.717, 1.165) is 36.7 Å². The molecule has 1 amide bonds. The third-order valence-corrected chi connectivity index (χ3v) is 6.14. The molecule has 1 atom stereocenters. The first-order valence-electron chi connectivity index (χ1n) is 8.14. The Kier molecular flexibility index (Phi) is 4.10. The third-order valence-electron chi connectivity index (χ3n) is 4.57. The van der Waals surface area contributed by atoms with Gasteiger partial charge in [-0.1, -0.05) is 6.07 Å². The fourth-order valence-electron chi connectivity index (χ4n) is 3.36. The minimum Gasteiger partial charge on any atom is -0.459 e. The van der Waals surface area contributed by atoms with Gasteiger partial charge < -0.3 is 14.1 Å². The van der Waals surface area contributed by atoms with Crippen LogP contribution in [-0.2, 0) is 11.3 Å². The van der Waals surface area contributed by atoms with Gasteiger partial charge in [0.2, 0.25) is 0 Å². The number of amides is 1. The highest BCUT2D eigenvalue weighted by Crippen LogP contribution is 2.46. The molecular weight excluding hydrogens is 324 g/mol. The fraction of sp³-hybridized carbons (Fsp3) is 0.444. The van der Waals surface area contributed by atoms with Crippen LogP contribution in [-0.4, -0.2) is 45.5 Å². The van der Waals surface area contributed by atoms with Gasteiger partial charge in [0.1, 0.15) is 0 Å². The first-order valence-corrected chi connectivity index (χ1v) is 9.13. The van der Waals surface area contributed by atoms with E-state index in [2.05, 4.69) is 4.98 Å². The van der Waals surface area contributed by atoms with Crippen molar-refractivity contribution in [3.05, 3.63) is 53.7 Å². The van der Waals surface area contributed by atoms with Gasteiger partial charge in [-0.2, -0.15) is 0 Å². The molecule has 2 aromatic rings. The predicted molar refractivity (Wildman–Crippen MR) is 92.0 cm³/mol. The minimum absolute atomic E-state index is 0.0143. The zero-order valence-electron chi connectivity index (χ0n) is 13.6. The molecule has 0 aliphatic carbocycles. The number of carbonyl (C=O) groups excluding carboxylic acids is 1. The molecule has 0 radical (unpaired) electrons. The molecular formula is C18H20N2O3S. The van der Waals surface area contributed by atoms with Crippen molar-refractivity contribution in [3.8, 4) is 0 Å². The van der Waals surface area contributed by atoms with E-state index in [-0.39, 0.29) is 16.8 Å². The molecule has 0 aromatic carbocycles. The lowest BCUT2D eigenvalue weighted by molar-refractivity contribution is 0.0233. The lowest BCUT2D eigenvalue weighted by Crippen LogP contribution is -2.60. The Balaban J connectivity index is 1.28. The number of nitrogens with zero attached hydrogens (tertiary/aromatic N) is 2. The fourth-order valence-corrected chi connectivity index (χ4v) is 4.91. The van der Waals surface area contributed by atoms with E-state index in [0.29, 0.717) is 12.4 Å². The van der Waals surface area contributed by atoms with Gasteiger partial charge >= 0.3 is 0 Å². The summed E-state index contributed by atoms with van der Waals surface area (Å²) in [5.41, 5.74) is 1.99. The van der Waals surface area contributed by atoms with E-state index < -0.39 is 0 Å². The van der Waals surface area contributed by atoms with Gasteiger partial charge in [-0.15, -0.1) is 11.8 Å². The largest absolute Gasteiger partial charge is 0.459 e. The third kappa shape index (κ3) is 3.08. The summed E-state index contributed by atoms with van der Waals surface area (Å²) in [7, 11) is 0. The zero-order valence-corrected chi connectivity index (χ0v) is 14.4. The van der Waals surface area contributed by atoms with Crippen molar-refractivity contribution in [1.29, 1.82) is 0 Å². The second kappa shape index (κ2) is 6.26. The zero-order chi connectivity index (χ0) is 16.6. The van der Waals surface area contributed by atoms with Crippen molar-refractivity contribution >= 4 is 17.7 Å². The van der Waals surface area contributed by atoms with Crippen LogP contribution >= 0.6 is 11.8 Å². The molecule has 126 valence electrons. The first kappa shape index (κ1) is 15.7. The molecule has 0 unspecified atom stereocenters. The number of hydrogen-bond acceptors (Lipinski definition) is 5. The van der Waals surface area contributed by atoms with Crippen LogP contribution in [0.25, 0.3) is 0 Å². The highest BCUT2D eigenvalue weighted by atomic mass is 32.2. The Labute approximate surface area is 145 Å². The minimum atomic E-state index is -0.0143. The van der Waals surface area contributed by atoms with Gasteiger partial charge in [-0.25, -0.2) is 0 Å². The Hall–Kier alpha value is -1.79. The van der Waals surface area contributed by atoms with Crippen LogP contribution in [0.15, 0.2) is 41.0 Å². The standard InChI is InChI=1S/C18H20N2O3S/c1-13-4-2-5-14(19-13)9-23-15-8-18(24-10-15)11-20(12-18)17(21)16-6-3-7-22-16/h2-7,15H,8-12H2,1H3/t15-/m0/s1. The van der Waals surface area contributed by atoms with Crippen LogP contribution in [0, 0.1) is 6.92 Å². The predicted octanol–water partition coefficient (Wildman–Crippen LogP) is 2.90. The smallest absolute Gasteiger partial charge is 0.289 e. The van der Waals surface area contributed by atoms with Gasteiger partial charge in [0.25, 0.3) is 5.91 Å². The van der Waals surface area contributed by atoms with Crippen LogP contribution in [0.4, 0.5) is 0 Å². The average molecular weight is 344 g/mol. The molecule has 4 heterocycles. The molecule has 2 aliphatic heterocycles. The first-order chi connectivity index (χ1) is 11.6. The van der Waals surface area contributed by atoms with Crippen molar-refractivity contribution in [2.45, 2.75) is 30.8 Å². The van der Waals surface area contributed by atoms with E-state index in [1.165, 1.54) is 6.26 Å². The number of likely N-dealkylation sites (tertiary alicyclic amines) is 1. The van der Waals surface area contributed by atoms with Crippen LogP contribution in [0.5, 0.6) is 0 Å². The van der Waals surface area contributed by atoms with Gasteiger partial charge in [0, 0.05) is 24.5 Å². The van der Waals surface area contributed by atoms with E-state index in [1.807, 2.05) is 41.8 Å². The highest BCUT2D eigenvalue weighted by molar-refractivity contribution is 8.01. The second-order valence-electron chi connectivity index (χ2n) is 6.54. The summed E-state index contributed by atoms with van der Waals surface area (Å²) in [5, 5.41) is 0. The summed E-state index contributed by atoms with van der Waals surface area (Å²) < 4.78 is 11.4. The van der Waals surface area contributed by atoms with Crippen LogP contribution in [0.1, 0.15) is 28.4 Å². The lowest BCUT2D eigenvalue weighted by atomic mass is 9.92. The maximum Gasteiger partial charge on any atom is 0.289 e. The van der Waals surface area contributed by atoms with Gasteiger partial charge in [-0.05, 0) is 37.6 Å². The summed E-state index contributed by atoms with van der Waals surface area (Å²) in [5.74, 6) is 1.39. The van der Waals surface area contributed by atoms with Gasteiger partial charge in [0.15, 0.2) is 5.76 Å². The Bertz CT molecular complexity index is 726. The summed E-state index contributed by atoms with van der Waals surface area (Å²) in [6.45, 7) is 4.10. The normalized spacial score (nSPS) is 21.9. The van der Waals surface area contributed by atoms with Crippen molar-refractivity contribution < 1.29 is 13.9 Å². The van der Waals surface area contributed by atoms with E-state index in [9.17, 15) is 4.79 Å². The summed E-state index contributed by atoms with van der Waals surface area (Å²) in [6.07, 6.45) is 2.76. The number of aryl methyl sites for hydroxylation is 1. The Morgan fingerprint density at radius 2 is 2.29 bits per heavy atom. The number of ether oxygens (including phenoxy) is 1. The number of furan rings is 1. The SMILES string of the molecule is Cc1cccc(CO[C@@H]2CSC3(C2)CN(C(=O)c2ccco2)C3)n1. The lowest BCUT2D eigenvalue weighted by Gasteiger charge is -2.47. The highest BCUT2D eigenvalue weighted by Gasteiger charge is 2.51. The van der Waals surface area contributed by atoms with Crippen LogP contribution in [0.3, 0.4) is 0 Å². The van der Waals surface area contributed by atoms with Crippen molar-refractivity contribution in [2.24, 2.45) is 0 Å². The topological polar surface area (TPSA) is 55.6 Å². The number of aromatic nitrogens is 1. The van der Waals surface area contributed by atoms with Crippen LogP contribution < -0.4 is 0 Å². The van der Waals surface area contributed by atoms with Crippen LogP contribution in [0.2, 0.25) is 0 Å². The molecule has 4 rings (SSSR count). The number of thioether (sulfide) groups is 1. The molecule has 0 saturated carbocycles. The van der Waals surface area contributed by atoms with Crippen molar-refractivity contribution in [3.63, 3.8) is 0 Å². The molecule has 6 heteroatoms. The van der Waals surface area contributed by atoms with Gasteiger partial charge in [-0.3, -0.25) is 9.78 Å². The second-order valence-corrected chi connectivity index (χ2v) is 8.03. The van der Waals surface area contributed by atoms with E-state index in [1.54, 1.807) is 12.1 Å². The number of hydrogen-bond donors (Lipinski definition) is 0. The Morgan fingerprint density at radius 1 is 1.42 bits per heavy atom. The number of carbonyl (C=O) groups is 1. The summed E-state index contributed by atoms with van der Waals surface area (Å²) in [6, 6.07) is 9.46. The summed E-state index contributed by atoms with van der Waals surface area (Å²) in [4.78, 5) is 18.6. The van der Waals surface area contributed by atoms with Gasteiger partial charge in [0.05, 0.1) is 29.4 Å². The average Bonchev–Trinajstić information content (AvgIpc) is 3.21.